The quantitative estimate of drug-likeness (QED) is 0.764. The van der Waals surface area contributed by atoms with Crippen molar-refractivity contribution in [2.45, 2.75) is 37.3 Å². The van der Waals surface area contributed by atoms with Crippen molar-refractivity contribution in [1.82, 2.24) is 9.55 Å². The molecule has 21 heavy (non-hydrogen) atoms. The molecule has 1 aromatic heterocycles. The fourth-order valence-corrected chi connectivity index (χ4v) is 3.23. The summed E-state index contributed by atoms with van der Waals surface area (Å²) < 4.78 is 31.2. The Morgan fingerprint density at radius 2 is 2.10 bits per heavy atom. The molecule has 0 amide bonds. The van der Waals surface area contributed by atoms with Gasteiger partial charge in [0.1, 0.15) is 11.3 Å². The lowest BCUT2D eigenvalue weighted by Crippen LogP contribution is -2.12. The van der Waals surface area contributed by atoms with Gasteiger partial charge in [-0.1, -0.05) is 6.07 Å². The summed E-state index contributed by atoms with van der Waals surface area (Å²) in [5, 5.41) is 0. The average Bonchev–Trinajstić information content (AvgIpc) is 2.75. The summed E-state index contributed by atoms with van der Waals surface area (Å²) in [7, 11) is -3.33. The van der Waals surface area contributed by atoms with Gasteiger partial charge in [0.2, 0.25) is 0 Å². The highest BCUT2D eigenvalue weighted by atomic mass is 35.5. The van der Waals surface area contributed by atoms with Crippen molar-refractivity contribution in [1.29, 1.82) is 0 Å². The molecule has 0 aliphatic carbocycles. The fourth-order valence-electron chi connectivity index (χ4n) is 2.20. The number of aromatic nitrogens is 2. The van der Waals surface area contributed by atoms with E-state index in [-0.39, 0.29) is 16.9 Å². The highest BCUT2D eigenvalue weighted by molar-refractivity contribution is 7.91. The van der Waals surface area contributed by atoms with E-state index < -0.39 is 9.84 Å². The molecule has 5 nitrogen and oxygen atoms in total. The summed E-state index contributed by atoms with van der Waals surface area (Å²) in [5.74, 6) is 0.870. The third-order valence-corrected chi connectivity index (χ3v) is 4.47. The molecule has 116 valence electrons. The van der Waals surface area contributed by atoms with Crippen molar-refractivity contribution >= 4 is 32.5 Å². The number of hydrogen-bond donors (Lipinski definition) is 0. The summed E-state index contributed by atoms with van der Waals surface area (Å²) in [5.41, 5.74) is 1.24. The van der Waals surface area contributed by atoms with E-state index in [0.29, 0.717) is 24.5 Å². The second-order valence-corrected chi connectivity index (χ2v) is 7.38. The summed E-state index contributed by atoms with van der Waals surface area (Å²) in [6.07, 6.45) is 1.33. The first-order valence-electron chi connectivity index (χ1n) is 6.70. The van der Waals surface area contributed by atoms with Gasteiger partial charge in [-0.2, -0.15) is 0 Å². The number of para-hydroxylation sites is 1. The fraction of sp³-hybridized carbons (Fsp3) is 0.500. The summed E-state index contributed by atoms with van der Waals surface area (Å²) in [6.45, 7) is 5.05. The number of nitrogens with zero attached hydrogens (tertiary/aromatic N) is 2. The van der Waals surface area contributed by atoms with Gasteiger partial charge in [-0.25, -0.2) is 13.4 Å². The number of sulfone groups is 1. The van der Waals surface area contributed by atoms with Gasteiger partial charge in [-0.15, -0.1) is 11.6 Å². The molecule has 0 bridgehead atoms. The van der Waals surface area contributed by atoms with Gasteiger partial charge in [0.25, 0.3) is 0 Å². The molecule has 0 aliphatic heterocycles. The van der Waals surface area contributed by atoms with Crippen LogP contribution in [0.3, 0.4) is 0 Å². The van der Waals surface area contributed by atoms with Crippen LogP contribution in [-0.4, -0.2) is 36.9 Å². The van der Waals surface area contributed by atoms with Crippen LogP contribution < -0.4 is 0 Å². The lowest BCUT2D eigenvalue weighted by atomic mass is 10.3. The van der Waals surface area contributed by atoms with Crippen LogP contribution in [0.1, 0.15) is 19.7 Å². The van der Waals surface area contributed by atoms with Gasteiger partial charge >= 0.3 is 0 Å². The number of imidazole rings is 1. The summed E-state index contributed by atoms with van der Waals surface area (Å²) in [6, 6.07) is 5.14. The smallest absolute Gasteiger partial charge is 0.177 e. The second kappa shape index (κ2) is 6.34. The molecule has 0 atom stereocenters. The molecule has 1 aromatic carbocycles. The standard InChI is InChI=1S/C14H19ClN2O3S/c1-10(2)20-8-7-17-11-5-4-6-12(21(3,18)19)14(11)16-13(17)9-15/h4-6,10H,7-9H2,1-3H3. The third kappa shape index (κ3) is 3.56. The molecule has 2 aromatic rings. The molecule has 2 rings (SSSR count). The Hall–Kier alpha value is -1.11. The SMILES string of the molecule is CC(C)OCCn1c(CCl)nc2c(S(C)(=O)=O)cccc21. The Morgan fingerprint density at radius 3 is 2.67 bits per heavy atom. The first kappa shape index (κ1) is 16.3. The number of hydrogen-bond acceptors (Lipinski definition) is 4. The predicted molar refractivity (Wildman–Crippen MR) is 83.5 cm³/mol. The molecule has 0 fully saturated rings. The van der Waals surface area contributed by atoms with Crippen LogP contribution in [-0.2, 0) is 27.0 Å². The Balaban J connectivity index is 2.50. The summed E-state index contributed by atoms with van der Waals surface area (Å²) >= 11 is 5.94. The average molecular weight is 331 g/mol. The molecule has 1 heterocycles. The van der Waals surface area contributed by atoms with Gasteiger partial charge < -0.3 is 9.30 Å². The van der Waals surface area contributed by atoms with E-state index in [4.69, 9.17) is 16.3 Å². The number of rotatable bonds is 6. The maximum absolute atomic E-state index is 11.9. The Kier molecular flexibility index (Phi) is 4.91. The van der Waals surface area contributed by atoms with E-state index in [1.165, 1.54) is 6.26 Å². The highest BCUT2D eigenvalue weighted by Crippen LogP contribution is 2.24. The molecular formula is C14H19ClN2O3S. The van der Waals surface area contributed by atoms with E-state index in [1.54, 1.807) is 12.1 Å². The molecule has 7 heteroatoms. The first-order chi connectivity index (χ1) is 9.84. The van der Waals surface area contributed by atoms with Crippen molar-refractivity contribution in [3.63, 3.8) is 0 Å². The minimum atomic E-state index is -3.33. The lowest BCUT2D eigenvalue weighted by molar-refractivity contribution is 0.0729. The van der Waals surface area contributed by atoms with Gasteiger partial charge in [-0.3, -0.25) is 0 Å². The van der Waals surface area contributed by atoms with Crippen LogP contribution in [0, 0.1) is 0 Å². The van der Waals surface area contributed by atoms with E-state index >= 15 is 0 Å². The van der Waals surface area contributed by atoms with Gasteiger partial charge in [-0.05, 0) is 26.0 Å². The van der Waals surface area contributed by atoms with Gasteiger partial charge in [0.15, 0.2) is 9.84 Å². The minimum absolute atomic E-state index is 0.144. The maximum Gasteiger partial charge on any atom is 0.177 e. The monoisotopic (exact) mass is 330 g/mol. The van der Waals surface area contributed by atoms with Gasteiger partial charge in [0.05, 0.1) is 29.0 Å². The van der Waals surface area contributed by atoms with Crippen LogP contribution in [0.25, 0.3) is 11.0 Å². The topological polar surface area (TPSA) is 61.2 Å². The zero-order valence-corrected chi connectivity index (χ0v) is 13.9. The molecule has 0 saturated carbocycles. The maximum atomic E-state index is 11.9. The van der Waals surface area contributed by atoms with E-state index in [2.05, 4.69) is 4.98 Å². The second-order valence-electron chi connectivity index (χ2n) is 5.13. The predicted octanol–water partition coefficient (Wildman–Crippen LogP) is 2.60. The van der Waals surface area contributed by atoms with Crippen LogP contribution in [0.5, 0.6) is 0 Å². The van der Waals surface area contributed by atoms with Crippen molar-refractivity contribution in [3.05, 3.63) is 24.0 Å². The molecule has 0 N–H and O–H groups in total. The Labute approximate surface area is 129 Å². The van der Waals surface area contributed by atoms with Crippen molar-refractivity contribution in [3.8, 4) is 0 Å². The van der Waals surface area contributed by atoms with Crippen LogP contribution in [0.4, 0.5) is 0 Å². The summed E-state index contributed by atoms with van der Waals surface area (Å²) in [4.78, 5) is 4.62. The highest BCUT2D eigenvalue weighted by Gasteiger charge is 2.18. The van der Waals surface area contributed by atoms with Crippen LogP contribution >= 0.6 is 11.6 Å². The zero-order chi connectivity index (χ0) is 15.6. The van der Waals surface area contributed by atoms with E-state index in [9.17, 15) is 8.42 Å². The molecule has 0 unspecified atom stereocenters. The number of benzene rings is 1. The molecular weight excluding hydrogens is 312 g/mol. The zero-order valence-electron chi connectivity index (χ0n) is 12.3. The van der Waals surface area contributed by atoms with Crippen LogP contribution in [0.15, 0.2) is 23.1 Å². The number of halogens is 1. The van der Waals surface area contributed by atoms with E-state index in [1.807, 2.05) is 24.5 Å². The minimum Gasteiger partial charge on any atom is -0.377 e. The van der Waals surface area contributed by atoms with Gasteiger partial charge in [0, 0.05) is 12.8 Å². The first-order valence-corrected chi connectivity index (χ1v) is 9.13. The molecule has 0 spiro atoms. The Morgan fingerprint density at radius 1 is 1.38 bits per heavy atom. The van der Waals surface area contributed by atoms with E-state index in [0.717, 1.165) is 5.52 Å². The number of alkyl halides is 1. The number of fused-ring (bicyclic) bond motifs is 1. The molecule has 0 radical (unpaired) electrons. The lowest BCUT2D eigenvalue weighted by Gasteiger charge is -2.10. The third-order valence-electron chi connectivity index (χ3n) is 3.11. The Bertz CT molecular complexity index is 738. The van der Waals surface area contributed by atoms with Crippen molar-refractivity contribution in [2.75, 3.05) is 12.9 Å². The van der Waals surface area contributed by atoms with Crippen LogP contribution in [0.2, 0.25) is 0 Å². The number of ether oxygens (including phenoxy) is 1. The molecule has 0 aliphatic rings. The van der Waals surface area contributed by atoms with Crippen molar-refractivity contribution < 1.29 is 13.2 Å². The largest absolute Gasteiger partial charge is 0.377 e. The molecule has 0 saturated heterocycles. The van der Waals surface area contributed by atoms with Crippen molar-refractivity contribution in [2.24, 2.45) is 0 Å². The normalized spacial score (nSPS) is 12.4.